The van der Waals surface area contributed by atoms with Crippen molar-refractivity contribution < 1.29 is 13.5 Å². The zero-order valence-electron chi connectivity index (χ0n) is 7.98. The van der Waals surface area contributed by atoms with Crippen LogP contribution in [-0.4, -0.2) is 24.3 Å². The molecule has 1 heterocycles. The van der Waals surface area contributed by atoms with Gasteiger partial charge in [0.25, 0.3) is 0 Å². The lowest BCUT2D eigenvalue weighted by molar-refractivity contribution is 0.475. The summed E-state index contributed by atoms with van der Waals surface area (Å²) in [6.07, 6.45) is 0. The maximum absolute atomic E-state index is 11.2. The fourth-order valence-electron chi connectivity index (χ4n) is 0.844. The SMILES string of the molecule is CCS(=O)(=O)Nc1nc(C)ccc1O. The Hall–Kier alpha value is -1.30. The minimum Gasteiger partial charge on any atom is -0.504 e. The summed E-state index contributed by atoms with van der Waals surface area (Å²) in [6, 6.07) is 2.99. The van der Waals surface area contributed by atoms with Gasteiger partial charge in [0.05, 0.1) is 5.75 Å². The van der Waals surface area contributed by atoms with Crippen LogP contribution in [0.25, 0.3) is 0 Å². The second-order valence-electron chi connectivity index (χ2n) is 2.83. The molecule has 78 valence electrons. The second-order valence-corrected chi connectivity index (χ2v) is 4.84. The molecule has 1 aromatic heterocycles. The van der Waals surface area contributed by atoms with Gasteiger partial charge in [-0.2, -0.15) is 0 Å². The van der Waals surface area contributed by atoms with Crippen molar-refractivity contribution in [3.05, 3.63) is 17.8 Å². The Kier molecular flexibility index (Phi) is 2.95. The molecule has 6 heteroatoms. The van der Waals surface area contributed by atoms with Crippen molar-refractivity contribution in [3.63, 3.8) is 0 Å². The van der Waals surface area contributed by atoms with Crippen LogP contribution in [0.2, 0.25) is 0 Å². The molecule has 0 aliphatic heterocycles. The summed E-state index contributed by atoms with van der Waals surface area (Å²) in [6.45, 7) is 3.22. The summed E-state index contributed by atoms with van der Waals surface area (Å²) in [5.41, 5.74) is 0.636. The molecule has 0 fully saturated rings. The predicted octanol–water partition coefficient (Wildman–Crippen LogP) is 0.857. The predicted molar refractivity (Wildman–Crippen MR) is 53.7 cm³/mol. The minimum atomic E-state index is -3.38. The Balaban J connectivity index is 3.03. The molecule has 5 nitrogen and oxygen atoms in total. The van der Waals surface area contributed by atoms with Gasteiger partial charge in [-0.25, -0.2) is 13.4 Å². The lowest BCUT2D eigenvalue weighted by Gasteiger charge is -2.07. The fraction of sp³-hybridized carbons (Fsp3) is 0.375. The number of aromatic hydroxyl groups is 1. The lowest BCUT2D eigenvalue weighted by atomic mass is 10.3. The molecule has 0 bridgehead atoms. The molecule has 0 radical (unpaired) electrons. The Morgan fingerprint density at radius 2 is 2.14 bits per heavy atom. The largest absolute Gasteiger partial charge is 0.504 e. The van der Waals surface area contributed by atoms with Gasteiger partial charge in [0.15, 0.2) is 11.6 Å². The smallest absolute Gasteiger partial charge is 0.233 e. The van der Waals surface area contributed by atoms with E-state index in [9.17, 15) is 13.5 Å². The molecular weight excluding hydrogens is 204 g/mol. The topological polar surface area (TPSA) is 79.3 Å². The van der Waals surface area contributed by atoms with E-state index in [-0.39, 0.29) is 17.3 Å². The van der Waals surface area contributed by atoms with Crippen LogP contribution in [0.3, 0.4) is 0 Å². The van der Waals surface area contributed by atoms with Crippen LogP contribution in [0, 0.1) is 6.92 Å². The molecule has 0 aromatic carbocycles. The molecule has 0 aliphatic carbocycles. The third-order valence-corrected chi connectivity index (χ3v) is 2.91. The molecule has 14 heavy (non-hydrogen) atoms. The zero-order chi connectivity index (χ0) is 10.8. The molecule has 0 aliphatic rings. The highest BCUT2D eigenvalue weighted by molar-refractivity contribution is 7.92. The average Bonchev–Trinajstić information content (AvgIpc) is 2.11. The quantitative estimate of drug-likeness (QED) is 0.785. The van der Waals surface area contributed by atoms with E-state index in [1.165, 1.54) is 13.0 Å². The number of anilines is 1. The Morgan fingerprint density at radius 1 is 1.50 bits per heavy atom. The van der Waals surface area contributed by atoms with Gasteiger partial charge in [0.1, 0.15) is 0 Å². The van der Waals surface area contributed by atoms with Crippen molar-refractivity contribution in [2.24, 2.45) is 0 Å². The summed E-state index contributed by atoms with van der Waals surface area (Å²) < 4.78 is 24.5. The highest BCUT2D eigenvalue weighted by atomic mass is 32.2. The van der Waals surface area contributed by atoms with Crippen molar-refractivity contribution in [2.45, 2.75) is 13.8 Å². The molecule has 2 N–H and O–H groups in total. The number of hydrogen-bond donors (Lipinski definition) is 2. The molecule has 0 amide bonds. The molecular formula is C8H12N2O3S. The van der Waals surface area contributed by atoms with E-state index in [1.807, 2.05) is 0 Å². The molecule has 0 saturated heterocycles. The molecule has 0 saturated carbocycles. The van der Waals surface area contributed by atoms with Crippen LogP contribution < -0.4 is 4.72 Å². The number of hydrogen-bond acceptors (Lipinski definition) is 4. The number of aromatic nitrogens is 1. The number of pyridine rings is 1. The van der Waals surface area contributed by atoms with Gasteiger partial charge >= 0.3 is 0 Å². The normalized spacial score (nSPS) is 11.3. The van der Waals surface area contributed by atoms with Crippen molar-refractivity contribution >= 4 is 15.8 Å². The van der Waals surface area contributed by atoms with Crippen molar-refractivity contribution in [1.82, 2.24) is 4.98 Å². The van der Waals surface area contributed by atoms with Crippen LogP contribution in [0.4, 0.5) is 5.82 Å². The van der Waals surface area contributed by atoms with E-state index in [1.54, 1.807) is 13.0 Å². The zero-order valence-corrected chi connectivity index (χ0v) is 8.80. The summed E-state index contributed by atoms with van der Waals surface area (Å²) in [5, 5.41) is 9.30. The monoisotopic (exact) mass is 216 g/mol. The van der Waals surface area contributed by atoms with Gasteiger partial charge in [-0.15, -0.1) is 0 Å². The highest BCUT2D eigenvalue weighted by Crippen LogP contribution is 2.21. The van der Waals surface area contributed by atoms with E-state index in [4.69, 9.17) is 0 Å². The molecule has 1 rings (SSSR count). The van der Waals surface area contributed by atoms with Gasteiger partial charge in [0.2, 0.25) is 10.0 Å². The maximum atomic E-state index is 11.2. The number of aryl methyl sites for hydroxylation is 1. The number of nitrogens with zero attached hydrogens (tertiary/aromatic N) is 1. The maximum Gasteiger partial charge on any atom is 0.233 e. The summed E-state index contributed by atoms with van der Waals surface area (Å²) in [5.74, 6) is -0.248. The van der Waals surface area contributed by atoms with Crippen LogP contribution in [-0.2, 0) is 10.0 Å². The van der Waals surface area contributed by atoms with Crippen molar-refractivity contribution in [2.75, 3.05) is 10.5 Å². The van der Waals surface area contributed by atoms with E-state index in [0.717, 1.165) is 0 Å². The van der Waals surface area contributed by atoms with Gasteiger partial charge in [-0.3, -0.25) is 4.72 Å². The second kappa shape index (κ2) is 3.83. The number of rotatable bonds is 3. The van der Waals surface area contributed by atoms with Crippen LogP contribution in [0.5, 0.6) is 5.75 Å². The van der Waals surface area contributed by atoms with E-state index in [2.05, 4.69) is 9.71 Å². The summed E-state index contributed by atoms with van der Waals surface area (Å²) in [4.78, 5) is 3.87. The van der Waals surface area contributed by atoms with Crippen LogP contribution in [0.15, 0.2) is 12.1 Å². The van der Waals surface area contributed by atoms with Gasteiger partial charge < -0.3 is 5.11 Å². The minimum absolute atomic E-state index is 0.0214. The Bertz CT molecular complexity index is 428. The Morgan fingerprint density at radius 3 is 2.71 bits per heavy atom. The van der Waals surface area contributed by atoms with Crippen molar-refractivity contribution in [1.29, 1.82) is 0 Å². The van der Waals surface area contributed by atoms with E-state index < -0.39 is 10.0 Å². The average molecular weight is 216 g/mol. The summed E-state index contributed by atoms with van der Waals surface area (Å²) >= 11 is 0. The van der Waals surface area contributed by atoms with Crippen LogP contribution in [0.1, 0.15) is 12.6 Å². The first-order valence-electron chi connectivity index (χ1n) is 4.11. The first-order valence-corrected chi connectivity index (χ1v) is 5.77. The molecule has 1 aromatic rings. The first kappa shape index (κ1) is 10.8. The van der Waals surface area contributed by atoms with E-state index >= 15 is 0 Å². The standard InChI is InChI=1S/C8H12N2O3S/c1-3-14(12,13)10-8-7(11)5-4-6(2)9-8/h4-5,11H,3H2,1-2H3,(H,9,10). The molecule has 0 atom stereocenters. The first-order chi connectivity index (χ1) is 6.44. The fourth-order valence-corrected chi connectivity index (χ4v) is 1.43. The Labute approximate surface area is 82.9 Å². The van der Waals surface area contributed by atoms with Crippen LogP contribution >= 0.6 is 0 Å². The van der Waals surface area contributed by atoms with Gasteiger partial charge in [-0.05, 0) is 26.0 Å². The van der Waals surface area contributed by atoms with Crippen molar-refractivity contribution in [3.8, 4) is 5.75 Å². The van der Waals surface area contributed by atoms with E-state index in [0.29, 0.717) is 5.69 Å². The summed E-state index contributed by atoms with van der Waals surface area (Å²) in [7, 11) is -3.38. The molecule has 0 unspecified atom stereocenters. The third kappa shape index (κ3) is 2.59. The third-order valence-electron chi connectivity index (χ3n) is 1.65. The molecule has 0 spiro atoms. The number of sulfonamides is 1. The van der Waals surface area contributed by atoms with Gasteiger partial charge in [0, 0.05) is 5.69 Å². The highest BCUT2D eigenvalue weighted by Gasteiger charge is 2.11. The lowest BCUT2D eigenvalue weighted by Crippen LogP contribution is -2.15. The number of nitrogens with one attached hydrogen (secondary N) is 1. The van der Waals surface area contributed by atoms with Gasteiger partial charge in [-0.1, -0.05) is 0 Å².